The maximum atomic E-state index is 13.6. The molecule has 1 aromatic carbocycles. The van der Waals surface area contributed by atoms with Gasteiger partial charge in [0.15, 0.2) is 0 Å². The number of hydrogen-bond donors (Lipinski definition) is 1. The average Bonchev–Trinajstić information content (AvgIpc) is 2.21. The number of nitrogens with two attached hydrogens (primary N) is 1. The van der Waals surface area contributed by atoms with Crippen LogP contribution in [-0.4, -0.2) is 0 Å². The third-order valence-electron chi connectivity index (χ3n) is 2.75. The maximum absolute atomic E-state index is 13.6. The van der Waals surface area contributed by atoms with E-state index in [-0.39, 0.29) is 24.3 Å². The lowest BCUT2D eigenvalue weighted by atomic mass is 9.97. The van der Waals surface area contributed by atoms with Gasteiger partial charge in [0.2, 0.25) is 0 Å². The van der Waals surface area contributed by atoms with Gasteiger partial charge in [0.05, 0.1) is 5.02 Å². The molecule has 17 heavy (non-hydrogen) atoms. The minimum atomic E-state index is -0.310. The highest BCUT2D eigenvalue weighted by Gasteiger charge is 2.17. The van der Waals surface area contributed by atoms with Crippen LogP contribution in [0.5, 0.6) is 0 Å². The summed E-state index contributed by atoms with van der Waals surface area (Å²) >= 11 is 6.09. The van der Waals surface area contributed by atoms with Gasteiger partial charge in [-0.25, -0.2) is 4.39 Å². The second kappa shape index (κ2) is 7.20. The molecule has 1 rings (SSSR count). The summed E-state index contributed by atoms with van der Waals surface area (Å²) in [5.41, 5.74) is 7.32. The van der Waals surface area contributed by atoms with E-state index in [1.165, 1.54) is 6.07 Å². The first-order valence-electron chi connectivity index (χ1n) is 5.63. The topological polar surface area (TPSA) is 26.0 Å². The lowest BCUT2D eigenvalue weighted by molar-refractivity contribution is 0.491. The Morgan fingerprint density at radius 3 is 2.41 bits per heavy atom. The van der Waals surface area contributed by atoms with Crippen LogP contribution in [0.2, 0.25) is 5.02 Å². The van der Waals surface area contributed by atoms with E-state index >= 15 is 0 Å². The Balaban J connectivity index is 0.00000256. The largest absolute Gasteiger partial charge is 0.324 e. The molecule has 0 aliphatic heterocycles. The molecule has 0 saturated carbocycles. The normalized spacial score (nSPS) is 12.4. The van der Waals surface area contributed by atoms with Gasteiger partial charge >= 0.3 is 0 Å². The Morgan fingerprint density at radius 1 is 1.29 bits per heavy atom. The third kappa shape index (κ3) is 4.46. The van der Waals surface area contributed by atoms with Crippen LogP contribution in [0.4, 0.5) is 4.39 Å². The van der Waals surface area contributed by atoms with Crippen molar-refractivity contribution >= 4 is 24.0 Å². The van der Waals surface area contributed by atoms with Crippen LogP contribution in [0, 0.1) is 18.7 Å². The highest BCUT2D eigenvalue weighted by Crippen LogP contribution is 2.30. The quantitative estimate of drug-likeness (QED) is 0.853. The summed E-state index contributed by atoms with van der Waals surface area (Å²) in [6.45, 7) is 6.11. The molecule has 0 unspecified atom stereocenters. The van der Waals surface area contributed by atoms with Gasteiger partial charge in [0.1, 0.15) is 5.82 Å². The van der Waals surface area contributed by atoms with Gasteiger partial charge < -0.3 is 5.73 Å². The van der Waals surface area contributed by atoms with E-state index in [9.17, 15) is 4.39 Å². The molecular formula is C13H20Cl2FN. The lowest BCUT2D eigenvalue weighted by Crippen LogP contribution is -2.14. The van der Waals surface area contributed by atoms with E-state index in [0.717, 1.165) is 18.4 Å². The fraction of sp³-hybridized carbons (Fsp3) is 0.538. The summed E-state index contributed by atoms with van der Waals surface area (Å²) in [6, 6.07) is 2.80. The average molecular weight is 280 g/mol. The van der Waals surface area contributed by atoms with Gasteiger partial charge in [-0.1, -0.05) is 31.5 Å². The smallest absolute Gasteiger partial charge is 0.129 e. The van der Waals surface area contributed by atoms with E-state index < -0.39 is 0 Å². The van der Waals surface area contributed by atoms with Gasteiger partial charge in [-0.3, -0.25) is 0 Å². The Morgan fingerprint density at radius 2 is 1.88 bits per heavy atom. The molecule has 4 heteroatoms. The van der Waals surface area contributed by atoms with Crippen molar-refractivity contribution in [3.63, 3.8) is 0 Å². The zero-order valence-electron chi connectivity index (χ0n) is 10.5. The first-order chi connectivity index (χ1) is 7.43. The summed E-state index contributed by atoms with van der Waals surface area (Å²) in [5, 5.41) is 0.469. The van der Waals surface area contributed by atoms with Crippen molar-refractivity contribution < 1.29 is 4.39 Å². The minimum absolute atomic E-state index is 0. The van der Waals surface area contributed by atoms with Crippen LogP contribution in [0.25, 0.3) is 0 Å². The van der Waals surface area contributed by atoms with Gasteiger partial charge in [-0.2, -0.15) is 0 Å². The molecule has 0 spiro atoms. The van der Waals surface area contributed by atoms with E-state index in [0.29, 0.717) is 16.5 Å². The highest BCUT2D eigenvalue weighted by atomic mass is 35.5. The molecule has 0 fully saturated rings. The van der Waals surface area contributed by atoms with E-state index in [2.05, 4.69) is 13.8 Å². The Hall–Kier alpha value is -0.310. The summed E-state index contributed by atoms with van der Waals surface area (Å²) < 4.78 is 13.6. The number of rotatable bonds is 4. The molecule has 0 aliphatic carbocycles. The van der Waals surface area contributed by atoms with Crippen LogP contribution in [-0.2, 0) is 0 Å². The molecule has 0 saturated heterocycles. The molecule has 1 atom stereocenters. The molecular weight excluding hydrogens is 260 g/mol. The van der Waals surface area contributed by atoms with Gasteiger partial charge in [0.25, 0.3) is 0 Å². The molecule has 1 aromatic rings. The van der Waals surface area contributed by atoms with Crippen LogP contribution < -0.4 is 5.73 Å². The Bertz CT molecular complexity index is 367. The van der Waals surface area contributed by atoms with E-state index in [1.807, 2.05) is 6.92 Å². The van der Waals surface area contributed by atoms with Crippen LogP contribution in [0.1, 0.15) is 43.9 Å². The molecule has 0 radical (unpaired) electrons. The second-order valence-corrected chi connectivity index (χ2v) is 5.05. The van der Waals surface area contributed by atoms with Crippen molar-refractivity contribution in [1.82, 2.24) is 0 Å². The fourth-order valence-electron chi connectivity index (χ4n) is 1.68. The van der Waals surface area contributed by atoms with E-state index in [1.54, 1.807) is 6.07 Å². The zero-order valence-corrected chi connectivity index (χ0v) is 12.0. The first-order valence-corrected chi connectivity index (χ1v) is 6.01. The van der Waals surface area contributed by atoms with Crippen LogP contribution >= 0.6 is 24.0 Å². The summed E-state index contributed by atoms with van der Waals surface area (Å²) in [4.78, 5) is 0. The molecule has 2 N–H and O–H groups in total. The number of benzene rings is 1. The number of hydrogen-bond acceptors (Lipinski definition) is 1. The molecule has 0 amide bonds. The second-order valence-electron chi connectivity index (χ2n) is 4.67. The van der Waals surface area contributed by atoms with Crippen molar-refractivity contribution in [2.45, 2.75) is 39.7 Å². The van der Waals surface area contributed by atoms with Gasteiger partial charge in [-0.15, -0.1) is 12.4 Å². The summed E-state index contributed by atoms with van der Waals surface area (Å²) in [6.07, 6.45) is 1.74. The van der Waals surface area contributed by atoms with Crippen molar-refractivity contribution in [3.8, 4) is 0 Å². The standard InChI is InChI=1S/C13H19ClFN.ClH/c1-8(2)4-7-11(16)12-10(15)6-5-9(3)13(12)14;/h5-6,8,11H,4,7,16H2,1-3H3;1H/t11-;/m0./s1. The molecule has 0 aromatic heterocycles. The number of halogens is 3. The monoisotopic (exact) mass is 279 g/mol. The minimum Gasteiger partial charge on any atom is -0.324 e. The van der Waals surface area contributed by atoms with Crippen LogP contribution in [0.15, 0.2) is 12.1 Å². The summed E-state index contributed by atoms with van der Waals surface area (Å²) in [5.74, 6) is 0.268. The van der Waals surface area contributed by atoms with Crippen molar-refractivity contribution in [1.29, 1.82) is 0 Å². The van der Waals surface area contributed by atoms with Gasteiger partial charge in [-0.05, 0) is 37.3 Å². The SMILES string of the molecule is Cc1ccc(F)c([C@@H](N)CCC(C)C)c1Cl.Cl. The maximum Gasteiger partial charge on any atom is 0.129 e. The van der Waals surface area contributed by atoms with Crippen molar-refractivity contribution in [2.24, 2.45) is 11.7 Å². The van der Waals surface area contributed by atoms with Crippen LogP contribution in [0.3, 0.4) is 0 Å². The summed E-state index contributed by atoms with van der Waals surface area (Å²) in [7, 11) is 0. The zero-order chi connectivity index (χ0) is 12.3. The molecule has 98 valence electrons. The fourth-order valence-corrected chi connectivity index (χ4v) is 1.97. The molecule has 1 nitrogen and oxygen atoms in total. The Kier molecular flexibility index (Phi) is 7.07. The highest BCUT2D eigenvalue weighted by molar-refractivity contribution is 6.32. The predicted octanol–water partition coefficient (Wildman–Crippen LogP) is 4.65. The number of aryl methyl sites for hydroxylation is 1. The third-order valence-corrected chi connectivity index (χ3v) is 3.25. The Labute approximate surface area is 114 Å². The lowest BCUT2D eigenvalue weighted by Gasteiger charge is -2.17. The van der Waals surface area contributed by atoms with Crippen molar-refractivity contribution in [3.05, 3.63) is 34.1 Å². The molecule has 0 heterocycles. The molecule has 0 bridgehead atoms. The molecule has 0 aliphatic rings. The van der Waals surface area contributed by atoms with Gasteiger partial charge in [0, 0.05) is 11.6 Å². The van der Waals surface area contributed by atoms with E-state index in [4.69, 9.17) is 17.3 Å². The van der Waals surface area contributed by atoms with Crippen molar-refractivity contribution in [2.75, 3.05) is 0 Å². The predicted molar refractivity (Wildman–Crippen MR) is 74.4 cm³/mol. The first kappa shape index (κ1) is 16.7.